The average molecular weight is 309 g/mol. The molecule has 0 fully saturated rings. The topological polar surface area (TPSA) is 66.3 Å². The van der Waals surface area contributed by atoms with Crippen molar-refractivity contribution in [2.45, 2.75) is 33.4 Å². The Kier molecular flexibility index (Phi) is 3.27. The maximum absolute atomic E-state index is 12.2. The molecule has 3 aromatic heterocycles. The van der Waals surface area contributed by atoms with E-state index in [1.54, 1.807) is 0 Å². The number of rotatable bonds is 2. The Labute approximate surface area is 133 Å². The fourth-order valence-electron chi connectivity index (χ4n) is 3.31. The third-order valence-electron chi connectivity index (χ3n) is 4.47. The summed E-state index contributed by atoms with van der Waals surface area (Å²) in [6.07, 6.45) is 2.86. The molecule has 0 saturated heterocycles. The van der Waals surface area contributed by atoms with Crippen molar-refractivity contribution in [1.29, 1.82) is 0 Å². The van der Waals surface area contributed by atoms with Crippen LogP contribution in [0.2, 0.25) is 0 Å². The van der Waals surface area contributed by atoms with Gasteiger partial charge < -0.3 is 9.38 Å². The van der Waals surface area contributed by atoms with Gasteiger partial charge >= 0.3 is 0 Å². The molecule has 0 aliphatic carbocycles. The summed E-state index contributed by atoms with van der Waals surface area (Å²) in [5.74, 6) is 0.694. The van der Waals surface area contributed by atoms with Crippen LogP contribution in [-0.4, -0.2) is 30.8 Å². The molecule has 0 amide bonds. The number of aromatic nitrogens is 4. The average Bonchev–Trinajstić information content (AvgIpc) is 2.84. The van der Waals surface area contributed by atoms with Crippen LogP contribution in [0.4, 0.5) is 0 Å². The highest BCUT2D eigenvalue weighted by Gasteiger charge is 2.22. The molecule has 6 nitrogen and oxygen atoms in total. The van der Waals surface area contributed by atoms with Gasteiger partial charge in [-0.15, -0.1) is 0 Å². The number of H-pyrrole nitrogens is 1. The number of hydrogen-bond acceptors (Lipinski definition) is 4. The second kappa shape index (κ2) is 5.31. The highest BCUT2D eigenvalue weighted by molar-refractivity contribution is 5.42. The zero-order valence-corrected chi connectivity index (χ0v) is 13.3. The molecule has 0 radical (unpaired) electrons. The summed E-state index contributed by atoms with van der Waals surface area (Å²) in [4.78, 5) is 26.4. The molecule has 3 aromatic rings. The van der Waals surface area contributed by atoms with E-state index in [1.165, 1.54) is 5.69 Å². The van der Waals surface area contributed by atoms with E-state index in [1.807, 2.05) is 38.2 Å². The molecular formula is C17H19N5O. The van der Waals surface area contributed by atoms with Crippen molar-refractivity contribution in [3.05, 3.63) is 63.2 Å². The van der Waals surface area contributed by atoms with Crippen LogP contribution < -0.4 is 5.56 Å². The maximum Gasteiger partial charge on any atom is 0.255 e. The Morgan fingerprint density at radius 2 is 2.13 bits per heavy atom. The van der Waals surface area contributed by atoms with Gasteiger partial charge in [-0.1, -0.05) is 6.07 Å². The number of aromatic amines is 1. The Morgan fingerprint density at radius 1 is 1.26 bits per heavy atom. The molecule has 1 aliphatic rings. The minimum absolute atomic E-state index is 0.00735. The largest absolute Gasteiger partial charge is 0.310 e. The number of nitrogens with one attached hydrogen (secondary N) is 1. The second-order valence-corrected chi connectivity index (χ2v) is 6.11. The van der Waals surface area contributed by atoms with E-state index < -0.39 is 0 Å². The number of imidazole rings is 1. The van der Waals surface area contributed by atoms with Gasteiger partial charge in [0.2, 0.25) is 0 Å². The van der Waals surface area contributed by atoms with Crippen molar-refractivity contribution in [2.24, 2.45) is 0 Å². The van der Waals surface area contributed by atoms with E-state index in [0.717, 1.165) is 42.1 Å². The lowest BCUT2D eigenvalue weighted by Gasteiger charge is -2.27. The SMILES string of the molecule is Cc1nc2c(c(=O)[nH]1)CN(Cc1c(C)nc3ccccn13)CC2. The predicted octanol–water partition coefficient (Wildman–Crippen LogP) is 1.59. The molecule has 0 bridgehead atoms. The van der Waals surface area contributed by atoms with Gasteiger partial charge in [0, 0.05) is 32.3 Å². The van der Waals surface area contributed by atoms with Crippen molar-refractivity contribution in [1.82, 2.24) is 24.3 Å². The summed E-state index contributed by atoms with van der Waals surface area (Å²) in [5, 5.41) is 0. The normalized spacial score (nSPS) is 15.0. The summed E-state index contributed by atoms with van der Waals surface area (Å²) < 4.78 is 2.13. The summed E-state index contributed by atoms with van der Waals surface area (Å²) >= 11 is 0. The lowest BCUT2D eigenvalue weighted by atomic mass is 10.1. The molecule has 23 heavy (non-hydrogen) atoms. The predicted molar refractivity (Wildman–Crippen MR) is 87.3 cm³/mol. The first kappa shape index (κ1) is 14.1. The van der Waals surface area contributed by atoms with E-state index in [2.05, 4.69) is 24.3 Å². The number of hydrogen-bond donors (Lipinski definition) is 1. The van der Waals surface area contributed by atoms with Crippen LogP contribution in [0, 0.1) is 13.8 Å². The Balaban J connectivity index is 1.65. The number of aryl methyl sites for hydroxylation is 2. The smallest absolute Gasteiger partial charge is 0.255 e. The summed E-state index contributed by atoms with van der Waals surface area (Å²) in [7, 11) is 0. The van der Waals surface area contributed by atoms with Gasteiger partial charge in [-0.3, -0.25) is 9.69 Å². The Hall–Kier alpha value is -2.47. The molecular weight excluding hydrogens is 290 g/mol. The quantitative estimate of drug-likeness (QED) is 0.781. The summed E-state index contributed by atoms with van der Waals surface area (Å²) in [6, 6.07) is 6.02. The minimum atomic E-state index is -0.00735. The molecule has 0 spiro atoms. The van der Waals surface area contributed by atoms with Crippen molar-refractivity contribution in [2.75, 3.05) is 6.54 Å². The highest BCUT2D eigenvalue weighted by Crippen LogP contribution is 2.19. The van der Waals surface area contributed by atoms with Crippen molar-refractivity contribution >= 4 is 5.65 Å². The van der Waals surface area contributed by atoms with Gasteiger partial charge in [0.1, 0.15) is 11.5 Å². The lowest BCUT2D eigenvalue weighted by Crippen LogP contribution is -2.36. The molecule has 118 valence electrons. The lowest BCUT2D eigenvalue weighted by molar-refractivity contribution is 0.237. The standard InChI is InChI=1S/C17H19N5O/c1-11-15(22-7-4-3-5-16(22)18-11)10-21-8-6-14-13(9-21)17(23)20-12(2)19-14/h3-5,7H,6,8-10H2,1-2H3,(H,19,20,23). The Bertz CT molecular complexity index is 940. The first-order chi connectivity index (χ1) is 11.1. The van der Waals surface area contributed by atoms with E-state index in [0.29, 0.717) is 12.4 Å². The van der Waals surface area contributed by atoms with Crippen LogP contribution in [0.5, 0.6) is 0 Å². The summed E-state index contributed by atoms with van der Waals surface area (Å²) in [5.41, 5.74) is 4.92. The molecule has 6 heteroatoms. The third kappa shape index (κ3) is 2.45. The van der Waals surface area contributed by atoms with Crippen LogP contribution in [0.1, 0.15) is 28.5 Å². The second-order valence-electron chi connectivity index (χ2n) is 6.11. The first-order valence-corrected chi connectivity index (χ1v) is 7.85. The van der Waals surface area contributed by atoms with E-state index >= 15 is 0 Å². The molecule has 1 aliphatic heterocycles. The number of pyridine rings is 1. The van der Waals surface area contributed by atoms with Gasteiger partial charge in [-0.25, -0.2) is 9.97 Å². The molecule has 0 unspecified atom stereocenters. The monoisotopic (exact) mass is 309 g/mol. The van der Waals surface area contributed by atoms with Crippen LogP contribution >= 0.6 is 0 Å². The van der Waals surface area contributed by atoms with Gasteiger partial charge in [-0.05, 0) is 26.0 Å². The zero-order valence-electron chi connectivity index (χ0n) is 13.3. The van der Waals surface area contributed by atoms with E-state index in [-0.39, 0.29) is 5.56 Å². The van der Waals surface area contributed by atoms with Crippen molar-refractivity contribution in [3.8, 4) is 0 Å². The number of nitrogens with zero attached hydrogens (tertiary/aromatic N) is 4. The van der Waals surface area contributed by atoms with Crippen LogP contribution in [0.25, 0.3) is 5.65 Å². The third-order valence-corrected chi connectivity index (χ3v) is 4.47. The van der Waals surface area contributed by atoms with Crippen molar-refractivity contribution < 1.29 is 0 Å². The van der Waals surface area contributed by atoms with Crippen LogP contribution in [-0.2, 0) is 19.5 Å². The van der Waals surface area contributed by atoms with E-state index in [9.17, 15) is 4.79 Å². The van der Waals surface area contributed by atoms with Gasteiger partial charge in [-0.2, -0.15) is 0 Å². The molecule has 0 atom stereocenters. The Morgan fingerprint density at radius 3 is 3.00 bits per heavy atom. The van der Waals surface area contributed by atoms with Crippen molar-refractivity contribution in [3.63, 3.8) is 0 Å². The van der Waals surface area contributed by atoms with E-state index in [4.69, 9.17) is 0 Å². The van der Waals surface area contributed by atoms with Gasteiger partial charge in [0.05, 0.1) is 22.6 Å². The molecule has 0 saturated carbocycles. The van der Waals surface area contributed by atoms with Crippen LogP contribution in [0.15, 0.2) is 29.2 Å². The molecule has 0 aromatic carbocycles. The van der Waals surface area contributed by atoms with Gasteiger partial charge in [0.15, 0.2) is 0 Å². The number of fused-ring (bicyclic) bond motifs is 2. The van der Waals surface area contributed by atoms with Gasteiger partial charge in [0.25, 0.3) is 5.56 Å². The molecule has 4 rings (SSSR count). The maximum atomic E-state index is 12.2. The fraction of sp³-hybridized carbons (Fsp3) is 0.353. The van der Waals surface area contributed by atoms with Crippen LogP contribution in [0.3, 0.4) is 0 Å². The zero-order chi connectivity index (χ0) is 16.0. The first-order valence-electron chi connectivity index (χ1n) is 7.85. The minimum Gasteiger partial charge on any atom is -0.310 e. The molecule has 4 heterocycles. The molecule has 1 N–H and O–H groups in total. The fourth-order valence-corrected chi connectivity index (χ4v) is 3.31. The highest BCUT2D eigenvalue weighted by atomic mass is 16.1. The summed E-state index contributed by atoms with van der Waals surface area (Å²) in [6.45, 7) is 6.19.